The van der Waals surface area contributed by atoms with Crippen LogP contribution in [0.2, 0.25) is 0 Å². The van der Waals surface area contributed by atoms with Crippen LogP contribution in [0.1, 0.15) is 5.56 Å². The standard InChI is InChI=1S/C10H7F2NO/c1-5-4-8(14)13-10-7(12)3-2-6(11)9(5)10/h2-4H,1H3,(H,13,14). The van der Waals surface area contributed by atoms with Gasteiger partial charge in [0.2, 0.25) is 5.56 Å². The molecule has 0 aliphatic carbocycles. The van der Waals surface area contributed by atoms with Crippen molar-refractivity contribution >= 4 is 10.9 Å². The van der Waals surface area contributed by atoms with Crippen molar-refractivity contribution in [1.29, 1.82) is 0 Å². The molecule has 72 valence electrons. The van der Waals surface area contributed by atoms with Gasteiger partial charge in [0.1, 0.15) is 11.6 Å². The first-order valence-corrected chi connectivity index (χ1v) is 4.07. The number of hydrogen-bond acceptors (Lipinski definition) is 1. The number of halogens is 2. The first-order chi connectivity index (χ1) is 6.59. The van der Waals surface area contributed by atoms with Crippen LogP contribution in [0.3, 0.4) is 0 Å². The van der Waals surface area contributed by atoms with Gasteiger partial charge in [0.25, 0.3) is 0 Å². The summed E-state index contributed by atoms with van der Waals surface area (Å²) in [6.07, 6.45) is 0. The number of aryl methyl sites for hydroxylation is 1. The fraction of sp³-hybridized carbons (Fsp3) is 0.100. The van der Waals surface area contributed by atoms with Crippen molar-refractivity contribution in [1.82, 2.24) is 4.98 Å². The number of rotatable bonds is 0. The van der Waals surface area contributed by atoms with Crippen molar-refractivity contribution in [2.75, 3.05) is 0 Å². The van der Waals surface area contributed by atoms with Gasteiger partial charge in [-0.1, -0.05) is 0 Å². The summed E-state index contributed by atoms with van der Waals surface area (Å²) in [6, 6.07) is 3.28. The summed E-state index contributed by atoms with van der Waals surface area (Å²) in [5.74, 6) is -1.16. The lowest BCUT2D eigenvalue weighted by atomic mass is 10.1. The van der Waals surface area contributed by atoms with Gasteiger partial charge in [0.05, 0.1) is 5.52 Å². The molecule has 0 atom stereocenters. The third-order valence-corrected chi connectivity index (χ3v) is 2.09. The third kappa shape index (κ3) is 1.19. The van der Waals surface area contributed by atoms with E-state index >= 15 is 0 Å². The second-order valence-electron chi connectivity index (χ2n) is 3.10. The van der Waals surface area contributed by atoms with Gasteiger partial charge in [-0.25, -0.2) is 8.78 Å². The maximum Gasteiger partial charge on any atom is 0.248 e. The molecule has 4 heteroatoms. The second kappa shape index (κ2) is 2.90. The number of aromatic nitrogens is 1. The van der Waals surface area contributed by atoms with Crippen LogP contribution in [0, 0.1) is 18.6 Å². The number of benzene rings is 1. The van der Waals surface area contributed by atoms with Gasteiger partial charge < -0.3 is 4.98 Å². The van der Waals surface area contributed by atoms with Crippen LogP contribution < -0.4 is 5.56 Å². The fourth-order valence-electron chi connectivity index (χ4n) is 1.49. The highest BCUT2D eigenvalue weighted by Crippen LogP contribution is 2.20. The van der Waals surface area contributed by atoms with E-state index in [0.29, 0.717) is 5.56 Å². The van der Waals surface area contributed by atoms with E-state index in [9.17, 15) is 13.6 Å². The fourth-order valence-corrected chi connectivity index (χ4v) is 1.49. The quantitative estimate of drug-likeness (QED) is 0.686. The zero-order valence-corrected chi connectivity index (χ0v) is 7.40. The number of nitrogens with one attached hydrogen (secondary N) is 1. The molecule has 0 saturated carbocycles. The molecule has 2 nitrogen and oxygen atoms in total. The minimum atomic E-state index is -0.623. The van der Waals surface area contributed by atoms with Crippen molar-refractivity contribution in [2.24, 2.45) is 0 Å². The molecule has 2 aromatic rings. The maximum atomic E-state index is 13.3. The highest BCUT2D eigenvalue weighted by molar-refractivity contribution is 5.82. The molecule has 0 aliphatic rings. The third-order valence-electron chi connectivity index (χ3n) is 2.09. The zero-order chi connectivity index (χ0) is 10.3. The van der Waals surface area contributed by atoms with Crippen LogP contribution in [0.5, 0.6) is 0 Å². The summed E-state index contributed by atoms with van der Waals surface area (Å²) in [6.45, 7) is 1.57. The van der Waals surface area contributed by atoms with Gasteiger partial charge in [-0.2, -0.15) is 0 Å². The summed E-state index contributed by atoms with van der Waals surface area (Å²) < 4.78 is 26.5. The van der Waals surface area contributed by atoms with E-state index in [-0.39, 0.29) is 10.9 Å². The summed E-state index contributed by atoms with van der Waals surface area (Å²) >= 11 is 0. The Hall–Kier alpha value is -1.71. The molecular weight excluding hydrogens is 188 g/mol. The monoisotopic (exact) mass is 195 g/mol. The predicted octanol–water partition coefficient (Wildman–Crippen LogP) is 2.11. The Kier molecular flexibility index (Phi) is 1.84. The zero-order valence-electron chi connectivity index (χ0n) is 7.40. The number of pyridine rings is 1. The summed E-state index contributed by atoms with van der Waals surface area (Å²) in [5.41, 5.74) is -0.0738. The average Bonchev–Trinajstić information content (AvgIpc) is 2.10. The SMILES string of the molecule is Cc1cc(=O)[nH]c2c(F)ccc(F)c12. The molecule has 1 N–H and O–H groups in total. The lowest BCUT2D eigenvalue weighted by molar-refractivity contribution is 0.614. The summed E-state index contributed by atoms with van der Waals surface area (Å²) in [5, 5.41) is 0.129. The van der Waals surface area contributed by atoms with E-state index in [0.717, 1.165) is 12.1 Å². The normalized spacial score (nSPS) is 10.8. The molecule has 0 saturated heterocycles. The van der Waals surface area contributed by atoms with E-state index < -0.39 is 17.2 Å². The highest BCUT2D eigenvalue weighted by Gasteiger charge is 2.09. The Morgan fingerprint density at radius 2 is 1.86 bits per heavy atom. The van der Waals surface area contributed by atoms with Crippen LogP contribution in [-0.4, -0.2) is 4.98 Å². The molecule has 0 bridgehead atoms. The predicted molar refractivity (Wildman–Crippen MR) is 49.2 cm³/mol. The van der Waals surface area contributed by atoms with E-state index in [1.165, 1.54) is 6.07 Å². The first kappa shape index (κ1) is 8.87. The Morgan fingerprint density at radius 3 is 2.57 bits per heavy atom. The first-order valence-electron chi connectivity index (χ1n) is 4.07. The molecule has 0 radical (unpaired) electrons. The molecule has 0 aliphatic heterocycles. The van der Waals surface area contributed by atoms with Crippen LogP contribution in [0.15, 0.2) is 23.0 Å². The summed E-state index contributed by atoms with van der Waals surface area (Å²) in [4.78, 5) is 13.3. The molecule has 1 aromatic heterocycles. The largest absolute Gasteiger partial charge is 0.319 e. The van der Waals surface area contributed by atoms with E-state index in [1.807, 2.05) is 0 Å². The molecule has 1 aromatic carbocycles. The second-order valence-corrected chi connectivity index (χ2v) is 3.10. The molecule has 14 heavy (non-hydrogen) atoms. The minimum absolute atomic E-state index is 0.0741. The Bertz CT molecular complexity index is 560. The minimum Gasteiger partial charge on any atom is -0.319 e. The number of fused-ring (bicyclic) bond motifs is 1. The maximum absolute atomic E-state index is 13.3. The van der Waals surface area contributed by atoms with E-state index in [2.05, 4.69) is 4.98 Å². The molecule has 0 spiro atoms. The molecule has 1 heterocycles. The number of H-pyrrole nitrogens is 1. The Labute approximate surface area is 78.2 Å². The molecule has 0 amide bonds. The van der Waals surface area contributed by atoms with Gasteiger partial charge in [-0.15, -0.1) is 0 Å². The van der Waals surface area contributed by atoms with Crippen molar-refractivity contribution in [3.8, 4) is 0 Å². The van der Waals surface area contributed by atoms with Gasteiger partial charge >= 0.3 is 0 Å². The average molecular weight is 195 g/mol. The van der Waals surface area contributed by atoms with Crippen LogP contribution in [-0.2, 0) is 0 Å². The van der Waals surface area contributed by atoms with E-state index in [4.69, 9.17) is 0 Å². The highest BCUT2D eigenvalue weighted by atomic mass is 19.1. The molecular formula is C10H7F2NO. The van der Waals surface area contributed by atoms with Crippen molar-refractivity contribution in [2.45, 2.75) is 6.92 Å². The van der Waals surface area contributed by atoms with Gasteiger partial charge in [-0.3, -0.25) is 4.79 Å². The number of hydrogen-bond donors (Lipinski definition) is 1. The molecule has 2 rings (SSSR count). The number of aromatic amines is 1. The Morgan fingerprint density at radius 1 is 1.21 bits per heavy atom. The summed E-state index contributed by atoms with van der Waals surface area (Å²) in [7, 11) is 0. The molecule has 0 unspecified atom stereocenters. The van der Waals surface area contributed by atoms with Crippen molar-refractivity contribution < 1.29 is 8.78 Å². The van der Waals surface area contributed by atoms with E-state index in [1.54, 1.807) is 6.92 Å². The lowest BCUT2D eigenvalue weighted by Gasteiger charge is -2.03. The topological polar surface area (TPSA) is 32.9 Å². The van der Waals surface area contributed by atoms with Crippen molar-refractivity contribution in [3.05, 3.63) is 45.8 Å². The molecule has 0 fully saturated rings. The van der Waals surface area contributed by atoms with Gasteiger partial charge in [0, 0.05) is 11.5 Å². The van der Waals surface area contributed by atoms with Crippen molar-refractivity contribution in [3.63, 3.8) is 0 Å². The van der Waals surface area contributed by atoms with Crippen LogP contribution in [0.4, 0.5) is 8.78 Å². The van der Waals surface area contributed by atoms with Gasteiger partial charge in [-0.05, 0) is 24.6 Å². The smallest absolute Gasteiger partial charge is 0.248 e. The van der Waals surface area contributed by atoms with Crippen LogP contribution >= 0.6 is 0 Å². The van der Waals surface area contributed by atoms with Gasteiger partial charge in [0.15, 0.2) is 0 Å². The Balaban J connectivity index is 3.07. The van der Waals surface area contributed by atoms with Crippen LogP contribution in [0.25, 0.3) is 10.9 Å². The lowest BCUT2D eigenvalue weighted by Crippen LogP contribution is -2.06.